The lowest BCUT2D eigenvalue weighted by Crippen LogP contribution is -2.25. The molecule has 4 saturated carbocycles. The second-order valence-corrected chi connectivity index (χ2v) is 16.2. The molecule has 8 aliphatic carbocycles. The maximum Gasteiger partial charge on any atom is 0.145 e. The van der Waals surface area contributed by atoms with Crippen LogP contribution >= 0.6 is 0 Å². The molecule has 4 atom stereocenters. The van der Waals surface area contributed by atoms with E-state index in [1.54, 1.807) is 11.1 Å². The second-order valence-electron chi connectivity index (χ2n) is 16.2. The number of benzene rings is 2. The quantitative estimate of drug-likeness (QED) is 0.181. The zero-order valence-corrected chi connectivity index (χ0v) is 25.0. The summed E-state index contributed by atoms with van der Waals surface area (Å²) in [4.78, 5) is 10.8. The summed E-state index contributed by atoms with van der Waals surface area (Å²) in [6.07, 6.45) is 18.2. The Kier molecular flexibility index (Phi) is 3.84. The van der Waals surface area contributed by atoms with Crippen molar-refractivity contribution in [3.8, 4) is 0 Å². The third kappa shape index (κ3) is 2.53. The van der Waals surface area contributed by atoms with E-state index in [1.165, 1.54) is 124 Å². The monoisotopic (exact) mass is 573 g/mol. The SMILES string of the molecule is c1ccc2c(c1)oc1c2cc2c3c4c(ncc3n3c5cnc6c(c5c1c23)C1CC2CC(CC6C2)C1)C1CC2CC(C1)CC4C2. The number of furan rings is 1. The Morgan fingerprint density at radius 2 is 1.14 bits per heavy atom. The molecule has 4 heteroatoms. The highest BCUT2D eigenvalue weighted by Gasteiger charge is 2.46. The molecular weight excluding hydrogens is 538 g/mol. The number of nitrogens with zero attached hydrogens (tertiary/aromatic N) is 3. The average molecular weight is 574 g/mol. The third-order valence-corrected chi connectivity index (χ3v) is 14.0. The minimum absolute atomic E-state index is 0.620. The maximum atomic E-state index is 6.90. The first-order chi connectivity index (χ1) is 21.7. The smallest absolute Gasteiger partial charge is 0.145 e. The minimum atomic E-state index is 0.620. The number of hydrogen-bond donors (Lipinski definition) is 0. The molecule has 4 unspecified atom stereocenters. The van der Waals surface area contributed by atoms with Gasteiger partial charge in [0.2, 0.25) is 0 Å². The van der Waals surface area contributed by atoms with E-state index in [0.29, 0.717) is 23.7 Å². The Labute approximate surface area is 255 Å². The number of rotatable bonds is 0. The zero-order valence-electron chi connectivity index (χ0n) is 25.0. The first-order valence-electron chi connectivity index (χ1n) is 17.6. The standard InChI is InChI=1S/C40H35N3O/c1-2-4-31-26(3-1)27-15-28-34-29(16-41-37-24-11-18-5-19(12-24)8-22(7-18)32(34)37)43-30-17-42-38-25-13-20-6-21(14-25)10-23(9-20)33(38)35(30)36(39(28)43)40(27)44-31/h1-4,15-25H,5-14H2. The van der Waals surface area contributed by atoms with Crippen LogP contribution in [0.4, 0.5) is 0 Å². The van der Waals surface area contributed by atoms with Crippen LogP contribution in [0.5, 0.6) is 0 Å². The lowest BCUT2D eigenvalue weighted by atomic mass is 9.67. The summed E-state index contributed by atoms with van der Waals surface area (Å²) in [7, 11) is 0. The van der Waals surface area contributed by atoms with Crippen molar-refractivity contribution in [2.75, 3.05) is 0 Å². The molecule has 216 valence electrons. The van der Waals surface area contributed by atoms with Crippen LogP contribution in [0, 0.1) is 23.7 Å². The minimum Gasteiger partial charge on any atom is -0.455 e. The Hall–Kier alpha value is -3.66. The largest absolute Gasteiger partial charge is 0.455 e. The van der Waals surface area contributed by atoms with Crippen molar-refractivity contribution in [2.45, 2.75) is 87.9 Å². The number of pyridine rings is 2. The highest BCUT2D eigenvalue weighted by Crippen LogP contribution is 2.61. The van der Waals surface area contributed by atoms with Gasteiger partial charge in [-0.15, -0.1) is 0 Å². The van der Waals surface area contributed by atoms with Crippen molar-refractivity contribution in [1.82, 2.24) is 14.4 Å². The molecule has 0 saturated heterocycles. The molecule has 0 radical (unpaired) electrons. The van der Waals surface area contributed by atoms with Crippen LogP contribution in [0.3, 0.4) is 0 Å². The molecule has 7 aromatic rings. The number of para-hydroxylation sites is 1. The van der Waals surface area contributed by atoms with Gasteiger partial charge in [0.25, 0.3) is 0 Å². The number of fused-ring (bicyclic) bond motifs is 10. The summed E-state index contributed by atoms with van der Waals surface area (Å²) in [6.45, 7) is 0. The Balaban J connectivity index is 1.26. The van der Waals surface area contributed by atoms with Crippen LogP contribution in [-0.2, 0) is 0 Å². The van der Waals surface area contributed by atoms with Gasteiger partial charge in [0.05, 0.1) is 34.3 Å². The van der Waals surface area contributed by atoms with E-state index in [-0.39, 0.29) is 0 Å². The molecule has 2 aromatic carbocycles. The van der Waals surface area contributed by atoms with E-state index >= 15 is 0 Å². The van der Waals surface area contributed by atoms with E-state index < -0.39 is 0 Å². The molecule has 8 aliphatic rings. The normalized spacial score (nSPS) is 33.5. The van der Waals surface area contributed by atoms with Crippen LogP contribution in [-0.4, -0.2) is 14.4 Å². The third-order valence-electron chi connectivity index (χ3n) is 14.0. The highest BCUT2D eigenvalue weighted by molar-refractivity contribution is 6.33. The van der Waals surface area contributed by atoms with Crippen molar-refractivity contribution in [2.24, 2.45) is 23.7 Å². The summed E-state index contributed by atoms with van der Waals surface area (Å²) in [6, 6.07) is 11.2. The van der Waals surface area contributed by atoms with Crippen LogP contribution in [0.15, 0.2) is 47.1 Å². The second kappa shape index (κ2) is 7.41. The molecule has 5 aromatic heterocycles. The molecule has 5 heterocycles. The van der Waals surface area contributed by atoms with Crippen LogP contribution in [0.2, 0.25) is 0 Å². The van der Waals surface area contributed by atoms with Crippen molar-refractivity contribution >= 4 is 60.0 Å². The van der Waals surface area contributed by atoms with Gasteiger partial charge < -0.3 is 8.82 Å². The number of hydrogen-bond acceptors (Lipinski definition) is 3. The number of aromatic nitrogens is 3. The van der Waals surface area contributed by atoms with Gasteiger partial charge in [-0.2, -0.15) is 0 Å². The molecule has 44 heavy (non-hydrogen) atoms. The van der Waals surface area contributed by atoms with Crippen LogP contribution in [0.1, 0.15) is 110 Å². The van der Waals surface area contributed by atoms with Gasteiger partial charge >= 0.3 is 0 Å². The molecule has 0 amide bonds. The summed E-state index contributed by atoms with van der Waals surface area (Å²) >= 11 is 0. The molecular formula is C40H35N3O. The summed E-state index contributed by atoms with van der Waals surface area (Å²) in [5.74, 6) is 6.04. The van der Waals surface area contributed by atoms with Gasteiger partial charge in [-0.3, -0.25) is 9.97 Å². The van der Waals surface area contributed by atoms with E-state index in [4.69, 9.17) is 14.4 Å². The van der Waals surface area contributed by atoms with Gasteiger partial charge in [-0.1, -0.05) is 18.2 Å². The fourth-order valence-corrected chi connectivity index (χ4v) is 12.9. The average Bonchev–Trinajstić information content (AvgIpc) is 3.60. The predicted octanol–water partition coefficient (Wildman–Crippen LogP) is 10.3. The van der Waals surface area contributed by atoms with E-state index in [9.17, 15) is 0 Å². The molecule has 8 bridgehead atoms. The molecule has 4 fully saturated rings. The summed E-state index contributed by atoms with van der Waals surface area (Å²) in [5.41, 5.74) is 12.1. The van der Waals surface area contributed by atoms with E-state index in [2.05, 4.69) is 47.1 Å². The fourth-order valence-electron chi connectivity index (χ4n) is 12.9. The van der Waals surface area contributed by atoms with Gasteiger partial charge in [0, 0.05) is 50.2 Å². The van der Waals surface area contributed by atoms with E-state index in [0.717, 1.165) is 34.8 Å². The molecule has 15 rings (SSSR count). The topological polar surface area (TPSA) is 43.3 Å². The van der Waals surface area contributed by atoms with E-state index in [1.807, 2.05) is 0 Å². The summed E-state index contributed by atoms with van der Waals surface area (Å²) in [5, 5.41) is 8.26. The maximum absolute atomic E-state index is 6.90. The Morgan fingerprint density at radius 1 is 0.568 bits per heavy atom. The zero-order chi connectivity index (χ0) is 28.0. The van der Waals surface area contributed by atoms with Gasteiger partial charge in [-0.05, 0) is 123 Å². The van der Waals surface area contributed by atoms with Crippen molar-refractivity contribution < 1.29 is 4.42 Å². The fraction of sp³-hybridized carbons (Fsp3) is 0.450. The summed E-state index contributed by atoms with van der Waals surface area (Å²) < 4.78 is 9.50. The van der Waals surface area contributed by atoms with Gasteiger partial charge in [0.1, 0.15) is 11.2 Å². The molecule has 0 spiro atoms. The highest BCUT2D eigenvalue weighted by atomic mass is 16.3. The van der Waals surface area contributed by atoms with Gasteiger partial charge in [-0.25, -0.2) is 0 Å². The van der Waals surface area contributed by atoms with Crippen molar-refractivity contribution in [3.63, 3.8) is 0 Å². The first-order valence-corrected chi connectivity index (χ1v) is 17.6. The lowest BCUT2D eigenvalue weighted by molar-refractivity contribution is 0.165. The first kappa shape index (κ1) is 22.8. The Morgan fingerprint density at radius 3 is 1.80 bits per heavy atom. The van der Waals surface area contributed by atoms with Crippen LogP contribution < -0.4 is 0 Å². The van der Waals surface area contributed by atoms with Crippen molar-refractivity contribution in [3.05, 3.63) is 65.2 Å². The van der Waals surface area contributed by atoms with Gasteiger partial charge in [0.15, 0.2) is 0 Å². The molecule has 4 nitrogen and oxygen atoms in total. The van der Waals surface area contributed by atoms with Crippen molar-refractivity contribution in [1.29, 1.82) is 0 Å². The molecule has 0 aliphatic heterocycles. The lowest BCUT2D eigenvalue weighted by Gasteiger charge is -2.38. The Bertz CT molecular complexity index is 2400. The molecule has 0 N–H and O–H groups in total. The van der Waals surface area contributed by atoms with Crippen LogP contribution in [0.25, 0.3) is 60.0 Å². The predicted molar refractivity (Wildman–Crippen MR) is 175 cm³/mol.